The number of hydrogen-bond donors (Lipinski definition) is 2. The van der Waals surface area contributed by atoms with Crippen LogP contribution in [0.25, 0.3) is 0 Å². The van der Waals surface area contributed by atoms with Crippen LogP contribution in [0, 0.1) is 13.8 Å². The van der Waals surface area contributed by atoms with Gasteiger partial charge in [0, 0.05) is 4.47 Å². The average molecular weight is 398 g/mol. The summed E-state index contributed by atoms with van der Waals surface area (Å²) in [6, 6.07) is 11.0. The minimum absolute atomic E-state index is 0.284. The Morgan fingerprint density at radius 1 is 1.17 bits per heavy atom. The molecule has 0 aliphatic heterocycles. The van der Waals surface area contributed by atoms with Gasteiger partial charge in [0.25, 0.3) is 0 Å². The highest BCUT2D eigenvalue weighted by molar-refractivity contribution is 9.10. The summed E-state index contributed by atoms with van der Waals surface area (Å²) in [6.07, 6.45) is 0. The third-order valence-corrected chi connectivity index (χ3v) is 4.07. The number of benzene rings is 2. The molecule has 0 radical (unpaired) electrons. The number of rotatable bonds is 5. The van der Waals surface area contributed by atoms with Gasteiger partial charge in [0.15, 0.2) is 0 Å². The van der Waals surface area contributed by atoms with Crippen molar-refractivity contribution >= 4 is 39.2 Å². The zero-order chi connectivity index (χ0) is 16.8. The molecule has 23 heavy (non-hydrogen) atoms. The number of carbonyl (C=O) groups is 1. The third kappa shape index (κ3) is 5.44. The van der Waals surface area contributed by atoms with Crippen molar-refractivity contribution in [2.45, 2.75) is 13.8 Å². The van der Waals surface area contributed by atoms with E-state index in [-0.39, 0.29) is 6.03 Å². The van der Waals surface area contributed by atoms with E-state index in [1.165, 1.54) is 0 Å². The van der Waals surface area contributed by atoms with Gasteiger partial charge in [-0.3, -0.25) is 0 Å². The van der Waals surface area contributed by atoms with Crippen molar-refractivity contribution in [2.24, 2.45) is 0 Å². The fourth-order valence-electron chi connectivity index (χ4n) is 1.93. The van der Waals surface area contributed by atoms with Crippen LogP contribution in [0.2, 0.25) is 5.02 Å². The topological polar surface area (TPSA) is 50.4 Å². The Kier molecular flexibility index (Phi) is 6.30. The lowest BCUT2D eigenvalue weighted by atomic mass is 10.2. The van der Waals surface area contributed by atoms with E-state index in [9.17, 15) is 4.79 Å². The summed E-state index contributed by atoms with van der Waals surface area (Å²) in [5.41, 5.74) is 2.90. The molecule has 2 N–H and O–H groups in total. The highest BCUT2D eigenvalue weighted by Crippen LogP contribution is 2.25. The van der Waals surface area contributed by atoms with Gasteiger partial charge in [-0.1, -0.05) is 23.7 Å². The van der Waals surface area contributed by atoms with Crippen LogP contribution in [0.3, 0.4) is 0 Å². The van der Waals surface area contributed by atoms with Crippen LogP contribution in [0.15, 0.2) is 40.9 Å². The summed E-state index contributed by atoms with van der Waals surface area (Å²) in [5, 5.41) is 6.08. The molecule has 0 atom stereocenters. The molecule has 4 nitrogen and oxygen atoms in total. The third-order valence-electron chi connectivity index (χ3n) is 3.10. The molecule has 2 amide bonds. The normalized spacial score (nSPS) is 10.3. The molecule has 0 unspecified atom stereocenters. The second-order valence-corrected chi connectivity index (χ2v) is 6.41. The Balaban J connectivity index is 1.77. The highest BCUT2D eigenvalue weighted by Gasteiger charge is 2.06. The molecule has 2 aromatic rings. The van der Waals surface area contributed by atoms with Gasteiger partial charge in [0.2, 0.25) is 0 Å². The van der Waals surface area contributed by atoms with E-state index >= 15 is 0 Å². The van der Waals surface area contributed by atoms with Crippen molar-refractivity contribution < 1.29 is 9.53 Å². The summed E-state index contributed by atoms with van der Waals surface area (Å²) in [4.78, 5) is 11.9. The minimum atomic E-state index is -0.284. The van der Waals surface area contributed by atoms with Gasteiger partial charge in [0.05, 0.1) is 17.3 Å². The molecular weight excluding hydrogens is 380 g/mol. The van der Waals surface area contributed by atoms with E-state index in [0.717, 1.165) is 21.3 Å². The fraction of sp³-hybridized carbons (Fsp3) is 0.235. The zero-order valence-corrected chi connectivity index (χ0v) is 15.3. The van der Waals surface area contributed by atoms with Crippen LogP contribution >= 0.6 is 27.5 Å². The Hall–Kier alpha value is -1.72. The molecule has 6 heteroatoms. The number of aryl methyl sites for hydroxylation is 2. The van der Waals surface area contributed by atoms with Crippen LogP contribution in [0.4, 0.5) is 10.5 Å². The lowest BCUT2D eigenvalue weighted by molar-refractivity contribution is 0.247. The summed E-state index contributed by atoms with van der Waals surface area (Å²) < 4.78 is 6.42. The molecule has 0 spiro atoms. The molecule has 0 fully saturated rings. The van der Waals surface area contributed by atoms with E-state index < -0.39 is 0 Å². The van der Waals surface area contributed by atoms with Crippen molar-refractivity contribution in [1.29, 1.82) is 0 Å². The summed E-state index contributed by atoms with van der Waals surface area (Å²) in [7, 11) is 0. The maximum absolute atomic E-state index is 11.9. The summed E-state index contributed by atoms with van der Waals surface area (Å²) in [6.45, 7) is 4.67. The lowest BCUT2D eigenvalue weighted by Gasteiger charge is -2.11. The Labute approximate surface area is 149 Å². The van der Waals surface area contributed by atoms with Crippen LogP contribution in [-0.4, -0.2) is 19.2 Å². The minimum Gasteiger partial charge on any atom is -0.490 e. The Morgan fingerprint density at radius 3 is 2.61 bits per heavy atom. The van der Waals surface area contributed by atoms with Crippen molar-refractivity contribution in [3.8, 4) is 5.75 Å². The van der Waals surface area contributed by atoms with Gasteiger partial charge < -0.3 is 15.4 Å². The standard InChI is InChI=1S/C17H18BrClN2O2/c1-11-4-6-15(13(18)9-11)21-17(22)20-7-8-23-16-10-12(2)3-5-14(16)19/h3-6,9-10H,7-8H2,1-2H3,(H2,20,21,22). The molecule has 2 aromatic carbocycles. The van der Waals surface area contributed by atoms with Crippen LogP contribution in [0.5, 0.6) is 5.75 Å². The van der Waals surface area contributed by atoms with E-state index in [4.69, 9.17) is 16.3 Å². The molecule has 122 valence electrons. The van der Waals surface area contributed by atoms with E-state index in [1.54, 1.807) is 6.07 Å². The first-order valence-electron chi connectivity index (χ1n) is 7.15. The quantitative estimate of drug-likeness (QED) is 0.704. The van der Waals surface area contributed by atoms with Crippen molar-refractivity contribution in [3.63, 3.8) is 0 Å². The monoisotopic (exact) mass is 396 g/mol. The molecule has 0 bridgehead atoms. The number of carbonyl (C=O) groups excluding carboxylic acids is 1. The number of urea groups is 1. The molecule has 0 saturated carbocycles. The van der Waals surface area contributed by atoms with Crippen molar-refractivity contribution in [3.05, 3.63) is 57.0 Å². The predicted molar refractivity (Wildman–Crippen MR) is 97.6 cm³/mol. The SMILES string of the molecule is Cc1ccc(NC(=O)NCCOc2cc(C)ccc2Cl)c(Br)c1. The summed E-state index contributed by atoms with van der Waals surface area (Å²) >= 11 is 9.47. The first-order valence-corrected chi connectivity index (χ1v) is 8.33. The molecule has 0 saturated heterocycles. The lowest BCUT2D eigenvalue weighted by Crippen LogP contribution is -2.32. The second kappa shape index (κ2) is 8.22. The largest absolute Gasteiger partial charge is 0.490 e. The van der Waals surface area contributed by atoms with Crippen molar-refractivity contribution in [1.82, 2.24) is 5.32 Å². The van der Waals surface area contributed by atoms with Gasteiger partial charge in [-0.2, -0.15) is 0 Å². The van der Waals surface area contributed by atoms with Gasteiger partial charge >= 0.3 is 6.03 Å². The second-order valence-electron chi connectivity index (χ2n) is 5.15. The van der Waals surface area contributed by atoms with Crippen LogP contribution < -0.4 is 15.4 Å². The number of amides is 2. The first kappa shape index (κ1) is 17.6. The van der Waals surface area contributed by atoms with Gasteiger partial charge in [-0.25, -0.2) is 4.79 Å². The smallest absolute Gasteiger partial charge is 0.319 e. The number of hydrogen-bond acceptors (Lipinski definition) is 2. The highest BCUT2D eigenvalue weighted by atomic mass is 79.9. The van der Waals surface area contributed by atoms with Crippen LogP contribution in [-0.2, 0) is 0 Å². The van der Waals surface area contributed by atoms with E-state index in [2.05, 4.69) is 26.6 Å². The molecule has 0 aromatic heterocycles. The summed E-state index contributed by atoms with van der Waals surface area (Å²) in [5.74, 6) is 0.621. The average Bonchev–Trinajstić information content (AvgIpc) is 2.50. The van der Waals surface area contributed by atoms with Crippen molar-refractivity contribution in [2.75, 3.05) is 18.5 Å². The van der Waals surface area contributed by atoms with Gasteiger partial charge in [-0.15, -0.1) is 0 Å². The molecular formula is C17H18BrClN2O2. The molecule has 2 rings (SSSR count). The van der Waals surface area contributed by atoms with Gasteiger partial charge in [-0.05, 0) is 65.2 Å². The molecule has 0 aliphatic carbocycles. The number of nitrogens with one attached hydrogen (secondary N) is 2. The predicted octanol–water partition coefficient (Wildman–Crippen LogP) is 4.92. The Bertz CT molecular complexity index is 707. The number of halogens is 2. The maximum Gasteiger partial charge on any atom is 0.319 e. The first-order chi connectivity index (χ1) is 11.0. The maximum atomic E-state index is 11.9. The zero-order valence-electron chi connectivity index (χ0n) is 13.0. The van der Waals surface area contributed by atoms with Crippen LogP contribution in [0.1, 0.15) is 11.1 Å². The van der Waals surface area contributed by atoms with E-state index in [0.29, 0.717) is 23.9 Å². The number of ether oxygens (including phenoxy) is 1. The van der Waals surface area contributed by atoms with Gasteiger partial charge in [0.1, 0.15) is 12.4 Å². The number of anilines is 1. The Morgan fingerprint density at radius 2 is 1.87 bits per heavy atom. The van der Waals surface area contributed by atoms with E-state index in [1.807, 2.05) is 44.2 Å². The molecule has 0 heterocycles. The molecule has 0 aliphatic rings. The fourth-order valence-corrected chi connectivity index (χ4v) is 2.70.